The summed E-state index contributed by atoms with van der Waals surface area (Å²) in [5, 5.41) is 8.19. The number of hydrogen-bond donors (Lipinski definition) is 0. The fourth-order valence-electron chi connectivity index (χ4n) is 2.10. The molecule has 1 aromatic carbocycles. The number of halogens is 2. The molecule has 0 aliphatic rings. The summed E-state index contributed by atoms with van der Waals surface area (Å²) >= 11 is 3.20. The van der Waals surface area contributed by atoms with Crippen molar-refractivity contribution in [1.82, 2.24) is 19.7 Å². The highest BCUT2D eigenvalue weighted by molar-refractivity contribution is 9.10. The second-order valence-corrected chi connectivity index (χ2v) is 5.66. The standard InChI is InChI=1S/C14H12BrFN4/c1-8(2)20-7-17-13-10(6-18-19-14(13)20)9-3-4-12(16)11(15)5-9/h3-8H,1-2H3. The lowest BCUT2D eigenvalue weighted by molar-refractivity contribution is 0.610. The van der Waals surface area contributed by atoms with E-state index in [1.165, 1.54) is 6.07 Å². The van der Waals surface area contributed by atoms with E-state index in [2.05, 4.69) is 45.0 Å². The molecule has 0 spiro atoms. The summed E-state index contributed by atoms with van der Waals surface area (Å²) < 4.78 is 15.7. The lowest BCUT2D eigenvalue weighted by Gasteiger charge is -2.07. The number of nitrogens with zero attached hydrogens (tertiary/aromatic N) is 4. The number of rotatable bonds is 2. The van der Waals surface area contributed by atoms with Crippen LogP contribution in [0.15, 0.2) is 35.2 Å². The van der Waals surface area contributed by atoms with Crippen LogP contribution in [0, 0.1) is 5.82 Å². The van der Waals surface area contributed by atoms with Gasteiger partial charge in [-0.05, 0) is 47.5 Å². The average molecular weight is 335 g/mol. The number of fused-ring (bicyclic) bond motifs is 1. The van der Waals surface area contributed by atoms with Crippen molar-refractivity contribution in [3.8, 4) is 11.1 Å². The van der Waals surface area contributed by atoms with Gasteiger partial charge in [-0.15, -0.1) is 5.10 Å². The van der Waals surface area contributed by atoms with E-state index in [0.717, 1.165) is 22.3 Å². The molecule has 0 saturated carbocycles. The molecule has 0 amide bonds. The molecule has 3 aromatic rings. The highest BCUT2D eigenvalue weighted by atomic mass is 79.9. The molecule has 3 rings (SSSR count). The SMILES string of the molecule is CC(C)n1cnc2c(-c3ccc(F)c(Br)c3)cnnc21. The second-order valence-electron chi connectivity index (χ2n) is 4.80. The Morgan fingerprint density at radius 2 is 2.10 bits per heavy atom. The van der Waals surface area contributed by atoms with Gasteiger partial charge in [0.1, 0.15) is 11.3 Å². The minimum absolute atomic E-state index is 0.254. The zero-order valence-electron chi connectivity index (χ0n) is 11.0. The number of hydrogen-bond acceptors (Lipinski definition) is 3. The predicted octanol–water partition coefficient (Wildman–Crippen LogP) is 3.98. The van der Waals surface area contributed by atoms with Gasteiger partial charge in [-0.2, -0.15) is 5.10 Å². The van der Waals surface area contributed by atoms with E-state index in [4.69, 9.17) is 0 Å². The molecule has 0 fully saturated rings. The monoisotopic (exact) mass is 334 g/mol. The van der Waals surface area contributed by atoms with Gasteiger partial charge in [-0.3, -0.25) is 0 Å². The van der Waals surface area contributed by atoms with E-state index >= 15 is 0 Å². The van der Waals surface area contributed by atoms with Crippen molar-refractivity contribution in [2.24, 2.45) is 0 Å². The molecular formula is C14H12BrFN4. The molecule has 0 radical (unpaired) electrons. The zero-order chi connectivity index (χ0) is 14.3. The number of imidazole rings is 1. The molecule has 0 unspecified atom stereocenters. The highest BCUT2D eigenvalue weighted by Gasteiger charge is 2.13. The fraction of sp³-hybridized carbons (Fsp3) is 0.214. The van der Waals surface area contributed by atoms with E-state index in [0.29, 0.717) is 4.47 Å². The maximum absolute atomic E-state index is 13.3. The quantitative estimate of drug-likeness (QED) is 0.712. The van der Waals surface area contributed by atoms with E-state index in [9.17, 15) is 4.39 Å². The van der Waals surface area contributed by atoms with E-state index in [1.807, 2.05) is 4.57 Å². The zero-order valence-corrected chi connectivity index (χ0v) is 12.6. The normalized spacial score (nSPS) is 11.4. The number of benzene rings is 1. The van der Waals surface area contributed by atoms with Crippen LogP contribution in [0.25, 0.3) is 22.3 Å². The van der Waals surface area contributed by atoms with Crippen LogP contribution in [0.4, 0.5) is 4.39 Å². The van der Waals surface area contributed by atoms with Gasteiger partial charge >= 0.3 is 0 Å². The predicted molar refractivity (Wildman–Crippen MR) is 78.8 cm³/mol. The second kappa shape index (κ2) is 4.94. The van der Waals surface area contributed by atoms with Crippen molar-refractivity contribution in [3.05, 3.63) is 41.0 Å². The van der Waals surface area contributed by atoms with Crippen molar-refractivity contribution in [2.75, 3.05) is 0 Å². The Morgan fingerprint density at radius 1 is 1.30 bits per heavy atom. The highest BCUT2D eigenvalue weighted by Crippen LogP contribution is 2.29. The van der Waals surface area contributed by atoms with Crippen molar-refractivity contribution >= 4 is 27.1 Å². The third-order valence-electron chi connectivity index (χ3n) is 3.15. The number of aromatic nitrogens is 4. The summed E-state index contributed by atoms with van der Waals surface area (Å²) in [6.07, 6.45) is 3.41. The molecular weight excluding hydrogens is 323 g/mol. The summed E-state index contributed by atoms with van der Waals surface area (Å²) in [7, 11) is 0. The first-order chi connectivity index (χ1) is 9.58. The third-order valence-corrected chi connectivity index (χ3v) is 3.76. The van der Waals surface area contributed by atoms with Crippen LogP contribution in [0.5, 0.6) is 0 Å². The first kappa shape index (κ1) is 13.2. The first-order valence-corrected chi connectivity index (χ1v) is 7.01. The van der Waals surface area contributed by atoms with Gasteiger partial charge in [-0.25, -0.2) is 9.37 Å². The summed E-state index contributed by atoms with van der Waals surface area (Å²) in [6, 6.07) is 5.11. The minimum Gasteiger partial charge on any atom is -0.311 e. The average Bonchev–Trinajstić information content (AvgIpc) is 2.86. The molecule has 6 heteroatoms. The lowest BCUT2D eigenvalue weighted by Crippen LogP contribution is -2.00. The van der Waals surface area contributed by atoms with Gasteiger partial charge in [0.2, 0.25) is 0 Å². The maximum Gasteiger partial charge on any atom is 0.183 e. The van der Waals surface area contributed by atoms with Crippen molar-refractivity contribution in [3.63, 3.8) is 0 Å². The third kappa shape index (κ3) is 2.10. The summed E-state index contributed by atoms with van der Waals surface area (Å²) in [4.78, 5) is 4.42. The van der Waals surface area contributed by atoms with Crippen LogP contribution in [-0.2, 0) is 0 Å². The van der Waals surface area contributed by atoms with Crippen molar-refractivity contribution < 1.29 is 4.39 Å². The Hall–Kier alpha value is -1.82. The molecule has 2 aromatic heterocycles. The van der Waals surface area contributed by atoms with E-state index in [1.54, 1.807) is 24.7 Å². The molecule has 0 aliphatic carbocycles. The van der Waals surface area contributed by atoms with Crippen molar-refractivity contribution in [1.29, 1.82) is 0 Å². The Morgan fingerprint density at radius 3 is 2.80 bits per heavy atom. The molecule has 0 N–H and O–H groups in total. The molecule has 0 saturated heterocycles. The Balaban J connectivity index is 2.23. The summed E-state index contributed by atoms with van der Waals surface area (Å²) in [5.74, 6) is -0.292. The van der Waals surface area contributed by atoms with Gasteiger partial charge < -0.3 is 4.57 Å². The van der Waals surface area contributed by atoms with Crippen LogP contribution in [0.3, 0.4) is 0 Å². The van der Waals surface area contributed by atoms with Crippen LogP contribution in [-0.4, -0.2) is 19.7 Å². The minimum atomic E-state index is -0.292. The molecule has 2 heterocycles. The summed E-state index contributed by atoms with van der Waals surface area (Å²) in [5.41, 5.74) is 3.20. The Bertz CT molecular complexity index is 782. The van der Waals surface area contributed by atoms with Gasteiger partial charge in [0, 0.05) is 11.6 Å². The first-order valence-electron chi connectivity index (χ1n) is 6.21. The smallest absolute Gasteiger partial charge is 0.183 e. The van der Waals surface area contributed by atoms with Gasteiger partial charge in [0.25, 0.3) is 0 Å². The molecule has 0 aliphatic heterocycles. The molecule has 102 valence electrons. The topological polar surface area (TPSA) is 43.6 Å². The van der Waals surface area contributed by atoms with E-state index in [-0.39, 0.29) is 11.9 Å². The van der Waals surface area contributed by atoms with Crippen LogP contribution in [0.1, 0.15) is 19.9 Å². The van der Waals surface area contributed by atoms with Crippen LogP contribution >= 0.6 is 15.9 Å². The van der Waals surface area contributed by atoms with E-state index < -0.39 is 0 Å². The van der Waals surface area contributed by atoms with Gasteiger partial charge in [0.05, 0.1) is 17.0 Å². The lowest BCUT2D eigenvalue weighted by atomic mass is 10.1. The van der Waals surface area contributed by atoms with Gasteiger partial charge in [0.15, 0.2) is 5.65 Å². The largest absolute Gasteiger partial charge is 0.311 e. The molecule has 0 atom stereocenters. The Labute approximate surface area is 123 Å². The maximum atomic E-state index is 13.3. The van der Waals surface area contributed by atoms with Gasteiger partial charge in [-0.1, -0.05) is 6.07 Å². The van der Waals surface area contributed by atoms with Crippen LogP contribution < -0.4 is 0 Å². The van der Waals surface area contributed by atoms with Crippen LogP contribution in [0.2, 0.25) is 0 Å². The summed E-state index contributed by atoms with van der Waals surface area (Å²) in [6.45, 7) is 4.12. The van der Waals surface area contributed by atoms with Crippen molar-refractivity contribution in [2.45, 2.75) is 19.9 Å². The molecule has 4 nitrogen and oxygen atoms in total. The molecule has 0 bridgehead atoms. The fourth-order valence-corrected chi connectivity index (χ4v) is 2.48. The Kier molecular flexibility index (Phi) is 3.25. The molecule has 20 heavy (non-hydrogen) atoms.